The van der Waals surface area contributed by atoms with Crippen molar-refractivity contribution in [1.29, 1.82) is 0 Å². The van der Waals surface area contributed by atoms with E-state index in [0.717, 1.165) is 23.6 Å². The quantitative estimate of drug-likeness (QED) is 0.810. The first-order valence-corrected chi connectivity index (χ1v) is 8.01. The van der Waals surface area contributed by atoms with Gasteiger partial charge in [0, 0.05) is 23.4 Å². The zero-order chi connectivity index (χ0) is 12.5. The molecule has 3 rings (SSSR count). The van der Waals surface area contributed by atoms with Gasteiger partial charge in [-0.2, -0.15) is 16.9 Å². The summed E-state index contributed by atoms with van der Waals surface area (Å²) < 4.78 is 1.79. The van der Waals surface area contributed by atoms with Crippen molar-refractivity contribution in [1.82, 2.24) is 9.78 Å². The van der Waals surface area contributed by atoms with Gasteiger partial charge in [-0.1, -0.05) is 0 Å². The van der Waals surface area contributed by atoms with Crippen LogP contribution in [0.5, 0.6) is 0 Å². The van der Waals surface area contributed by atoms with Crippen LogP contribution in [0.15, 0.2) is 18.5 Å². The van der Waals surface area contributed by atoms with Crippen LogP contribution >= 0.6 is 23.1 Å². The number of hydrogen-bond acceptors (Lipinski definition) is 4. The molecule has 1 aliphatic heterocycles. The first-order valence-electron chi connectivity index (χ1n) is 6.04. The Balaban J connectivity index is 1.89. The van der Waals surface area contributed by atoms with Crippen molar-refractivity contribution >= 4 is 28.9 Å². The molecule has 2 aromatic rings. The molecule has 0 fully saturated rings. The maximum atomic E-state index is 12.3. The highest BCUT2D eigenvalue weighted by molar-refractivity contribution is 7.98. The first kappa shape index (κ1) is 12.0. The van der Waals surface area contributed by atoms with Crippen LogP contribution in [-0.2, 0) is 18.7 Å². The molecule has 0 aliphatic carbocycles. The van der Waals surface area contributed by atoms with Gasteiger partial charge in [0.1, 0.15) is 0 Å². The third-order valence-electron chi connectivity index (χ3n) is 3.07. The minimum Gasteiger partial charge on any atom is -0.288 e. The molecule has 0 amide bonds. The zero-order valence-electron chi connectivity index (χ0n) is 10.2. The van der Waals surface area contributed by atoms with Crippen LogP contribution in [0.4, 0.5) is 0 Å². The molecular formula is C13H14N2OS2. The van der Waals surface area contributed by atoms with Crippen molar-refractivity contribution in [2.45, 2.75) is 25.6 Å². The Kier molecular flexibility index (Phi) is 3.26. The Morgan fingerprint density at radius 3 is 3.17 bits per heavy atom. The first-order chi connectivity index (χ1) is 8.78. The Labute approximate surface area is 114 Å². The number of aryl methyl sites for hydroxylation is 2. The normalized spacial score (nSPS) is 14.5. The van der Waals surface area contributed by atoms with E-state index in [1.54, 1.807) is 22.2 Å². The van der Waals surface area contributed by atoms with E-state index < -0.39 is 0 Å². The van der Waals surface area contributed by atoms with E-state index >= 15 is 0 Å². The van der Waals surface area contributed by atoms with Crippen LogP contribution in [0.3, 0.4) is 0 Å². The van der Waals surface area contributed by atoms with Crippen LogP contribution < -0.4 is 0 Å². The minimum absolute atomic E-state index is 0.110. The van der Waals surface area contributed by atoms with Gasteiger partial charge in [-0.05, 0) is 30.7 Å². The predicted octanol–water partition coefficient (Wildman–Crippen LogP) is 2.98. The highest BCUT2D eigenvalue weighted by Crippen LogP contribution is 2.32. The summed E-state index contributed by atoms with van der Waals surface area (Å²) in [5.41, 5.74) is 2.05. The molecule has 1 aliphatic rings. The number of carbonyl (C=O) groups is 1. The van der Waals surface area contributed by atoms with Crippen LogP contribution in [0.2, 0.25) is 0 Å². The molecule has 0 unspecified atom stereocenters. The second-order valence-corrected chi connectivity index (χ2v) is 6.52. The minimum atomic E-state index is 0.110. The molecule has 94 valence electrons. The van der Waals surface area contributed by atoms with E-state index in [2.05, 4.69) is 11.2 Å². The molecule has 0 saturated heterocycles. The lowest BCUT2D eigenvalue weighted by Crippen LogP contribution is -1.97. The van der Waals surface area contributed by atoms with Gasteiger partial charge in [0.2, 0.25) is 5.78 Å². The summed E-state index contributed by atoms with van der Waals surface area (Å²) in [7, 11) is 0. The molecule has 3 heterocycles. The summed E-state index contributed by atoms with van der Waals surface area (Å²) in [6.07, 6.45) is 4.60. The van der Waals surface area contributed by atoms with Gasteiger partial charge in [0.25, 0.3) is 0 Å². The molecule has 0 bridgehead atoms. The summed E-state index contributed by atoms with van der Waals surface area (Å²) in [5, 5.41) is 4.16. The van der Waals surface area contributed by atoms with Crippen LogP contribution in [-0.4, -0.2) is 21.3 Å². The lowest BCUT2D eigenvalue weighted by Gasteiger charge is -2.08. The number of nitrogens with zero attached hydrogens (tertiary/aromatic N) is 2. The van der Waals surface area contributed by atoms with E-state index in [0.29, 0.717) is 5.56 Å². The maximum Gasteiger partial charge on any atom is 0.206 e. The molecule has 0 spiro atoms. The third-order valence-corrected chi connectivity index (χ3v) is 5.31. The monoisotopic (exact) mass is 278 g/mol. The molecule has 0 aromatic carbocycles. The van der Waals surface area contributed by atoms with Crippen LogP contribution in [0.1, 0.15) is 32.6 Å². The van der Waals surface area contributed by atoms with E-state index in [1.807, 2.05) is 24.9 Å². The number of fused-ring (bicyclic) bond motifs is 1. The number of thiophene rings is 1. The lowest BCUT2D eigenvalue weighted by molar-refractivity contribution is 0.104. The molecule has 0 N–H and O–H groups in total. The second kappa shape index (κ2) is 4.90. The van der Waals surface area contributed by atoms with Gasteiger partial charge in [-0.25, -0.2) is 0 Å². The van der Waals surface area contributed by atoms with Crippen LogP contribution in [0.25, 0.3) is 0 Å². The number of hydrogen-bond donors (Lipinski definition) is 0. The van der Waals surface area contributed by atoms with Crippen molar-refractivity contribution in [2.24, 2.45) is 0 Å². The molecule has 3 nitrogen and oxygen atoms in total. The topological polar surface area (TPSA) is 34.9 Å². The largest absolute Gasteiger partial charge is 0.288 e. The fourth-order valence-corrected chi connectivity index (χ4v) is 4.39. The number of rotatable bonds is 3. The van der Waals surface area contributed by atoms with Gasteiger partial charge < -0.3 is 0 Å². The molecule has 0 saturated carbocycles. The summed E-state index contributed by atoms with van der Waals surface area (Å²) >= 11 is 3.60. The van der Waals surface area contributed by atoms with Crippen molar-refractivity contribution in [2.75, 3.05) is 5.75 Å². The summed E-state index contributed by atoms with van der Waals surface area (Å²) in [6.45, 7) is 2.81. The van der Waals surface area contributed by atoms with Gasteiger partial charge in [0.05, 0.1) is 16.6 Å². The van der Waals surface area contributed by atoms with Gasteiger partial charge >= 0.3 is 0 Å². The molecule has 18 heavy (non-hydrogen) atoms. The third kappa shape index (κ3) is 2.12. The number of aromatic nitrogens is 2. The summed E-state index contributed by atoms with van der Waals surface area (Å²) in [5.74, 6) is 2.33. The van der Waals surface area contributed by atoms with Crippen LogP contribution in [0, 0.1) is 0 Å². The fraction of sp³-hybridized carbons (Fsp3) is 0.385. The smallest absolute Gasteiger partial charge is 0.206 e. The molecule has 2 aromatic heterocycles. The lowest BCUT2D eigenvalue weighted by atomic mass is 10.1. The van der Waals surface area contributed by atoms with Crippen molar-refractivity contribution in [3.05, 3.63) is 39.3 Å². The summed E-state index contributed by atoms with van der Waals surface area (Å²) in [6, 6.07) is 2.07. The predicted molar refractivity (Wildman–Crippen MR) is 75.5 cm³/mol. The van der Waals surface area contributed by atoms with Crippen molar-refractivity contribution in [3.63, 3.8) is 0 Å². The highest BCUT2D eigenvalue weighted by atomic mass is 32.2. The van der Waals surface area contributed by atoms with Gasteiger partial charge in [0.15, 0.2) is 0 Å². The Morgan fingerprint density at radius 2 is 2.44 bits per heavy atom. The van der Waals surface area contributed by atoms with E-state index in [1.165, 1.54) is 16.2 Å². The average Bonchev–Trinajstić information content (AvgIpc) is 3.04. The van der Waals surface area contributed by atoms with E-state index in [9.17, 15) is 4.79 Å². The zero-order valence-corrected chi connectivity index (χ0v) is 11.8. The van der Waals surface area contributed by atoms with Gasteiger partial charge in [-0.3, -0.25) is 9.48 Å². The number of thioether (sulfide) groups is 1. The van der Waals surface area contributed by atoms with Gasteiger partial charge in [-0.15, -0.1) is 11.3 Å². The average molecular weight is 278 g/mol. The SMILES string of the molecule is CCn1cc(C(=O)c2cc3c(s2)CCSC3)cn1. The van der Waals surface area contributed by atoms with Crippen molar-refractivity contribution < 1.29 is 4.79 Å². The highest BCUT2D eigenvalue weighted by Gasteiger charge is 2.19. The summed E-state index contributed by atoms with van der Waals surface area (Å²) in [4.78, 5) is 14.6. The fourth-order valence-electron chi connectivity index (χ4n) is 2.06. The standard InChI is InChI=1S/C13H14N2OS2/c1-2-15-7-10(6-14-15)13(16)12-5-9-8-17-4-3-11(9)18-12/h5-7H,2-4,8H2,1H3. The Morgan fingerprint density at radius 1 is 1.56 bits per heavy atom. The Hall–Kier alpha value is -1.07. The molecular weight excluding hydrogens is 264 g/mol. The van der Waals surface area contributed by atoms with Crippen molar-refractivity contribution in [3.8, 4) is 0 Å². The second-order valence-electron chi connectivity index (χ2n) is 4.28. The number of ketones is 1. The van der Waals surface area contributed by atoms with E-state index in [-0.39, 0.29) is 5.78 Å². The molecule has 0 atom stereocenters. The van der Waals surface area contributed by atoms with E-state index in [4.69, 9.17) is 0 Å². The number of carbonyl (C=O) groups excluding carboxylic acids is 1. The molecule has 5 heteroatoms. The molecule has 0 radical (unpaired) electrons. The maximum absolute atomic E-state index is 12.3. The Bertz CT molecular complexity index is 562.